The number of esters is 1. The van der Waals surface area contributed by atoms with E-state index in [1.165, 1.54) is 44.9 Å². The van der Waals surface area contributed by atoms with E-state index >= 15 is 0 Å². The van der Waals surface area contributed by atoms with Crippen molar-refractivity contribution in [2.75, 3.05) is 13.2 Å². The van der Waals surface area contributed by atoms with Gasteiger partial charge >= 0.3 is 5.97 Å². The van der Waals surface area contributed by atoms with Gasteiger partial charge in [-0.1, -0.05) is 51.9 Å². The lowest BCUT2D eigenvalue weighted by molar-refractivity contribution is -0.145. The Labute approximate surface area is 124 Å². The van der Waals surface area contributed by atoms with E-state index in [1.807, 2.05) is 0 Å². The Morgan fingerprint density at radius 1 is 1.11 bits per heavy atom. The van der Waals surface area contributed by atoms with Crippen molar-refractivity contribution in [2.45, 2.75) is 77.2 Å². The molecular formula is C15H30ClNO2. The zero-order valence-corrected chi connectivity index (χ0v) is 13.1. The van der Waals surface area contributed by atoms with Crippen LogP contribution in [0.5, 0.6) is 0 Å². The maximum absolute atomic E-state index is 11.6. The van der Waals surface area contributed by atoms with Crippen LogP contribution in [0.15, 0.2) is 0 Å². The van der Waals surface area contributed by atoms with Crippen molar-refractivity contribution in [3.63, 3.8) is 0 Å². The van der Waals surface area contributed by atoms with E-state index in [9.17, 15) is 4.79 Å². The SMILES string of the molecule is CCCCCCCCCCOC(=O)[C@@H]1CCCN1.Cl. The highest BCUT2D eigenvalue weighted by Gasteiger charge is 2.22. The van der Waals surface area contributed by atoms with Crippen LogP contribution in [-0.4, -0.2) is 25.2 Å². The van der Waals surface area contributed by atoms with Gasteiger partial charge in [0.2, 0.25) is 0 Å². The molecular weight excluding hydrogens is 262 g/mol. The maximum atomic E-state index is 11.6. The Kier molecular flexibility index (Phi) is 12.6. The molecule has 0 aromatic carbocycles. The molecule has 114 valence electrons. The number of halogens is 1. The fraction of sp³-hybridized carbons (Fsp3) is 0.933. The third-order valence-electron chi connectivity index (χ3n) is 3.59. The van der Waals surface area contributed by atoms with Gasteiger partial charge in [0.25, 0.3) is 0 Å². The molecule has 1 aliphatic rings. The molecule has 0 radical (unpaired) electrons. The molecule has 1 saturated heterocycles. The first-order chi connectivity index (χ1) is 8.84. The minimum atomic E-state index is -0.0459. The lowest BCUT2D eigenvalue weighted by atomic mass is 10.1. The molecule has 1 rings (SSSR count). The standard InChI is InChI=1S/C15H29NO2.ClH/c1-2-3-4-5-6-7-8-9-13-18-15(17)14-11-10-12-16-14;/h14,16H,2-13H2,1H3;1H/t14-;/m0./s1. The summed E-state index contributed by atoms with van der Waals surface area (Å²) in [6.45, 7) is 3.80. The van der Waals surface area contributed by atoms with Gasteiger partial charge in [-0.3, -0.25) is 4.79 Å². The van der Waals surface area contributed by atoms with E-state index < -0.39 is 0 Å². The van der Waals surface area contributed by atoms with Crippen molar-refractivity contribution >= 4 is 18.4 Å². The molecule has 1 atom stereocenters. The van der Waals surface area contributed by atoms with Gasteiger partial charge in [0.15, 0.2) is 0 Å². The van der Waals surface area contributed by atoms with Crippen LogP contribution in [0.1, 0.15) is 71.1 Å². The smallest absolute Gasteiger partial charge is 0.323 e. The molecule has 3 nitrogen and oxygen atoms in total. The first kappa shape index (κ1) is 18.7. The molecule has 0 aliphatic carbocycles. The number of carbonyl (C=O) groups excluding carboxylic acids is 1. The molecule has 1 aliphatic heterocycles. The third kappa shape index (κ3) is 9.28. The molecule has 0 bridgehead atoms. The topological polar surface area (TPSA) is 38.3 Å². The summed E-state index contributed by atoms with van der Waals surface area (Å²) in [5.41, 5.74) is 0. The Morgan fingerprint density at radius 2 is 1.74 bits per heavy atom. The quantitative estimate of drug-likeness (QED) is 0.491. The van der Waals surface area contributed by atoms with Gasteiger partial charge in [-0.05, 0) is 25.8 Å². The average Bonchev–Trinajstić information content (AvgIpc) is 2.90. The maximum Gasteiger partial charge on any atom is 0.323 e. The first-order valence-corrected chi connectivity index (χ1v) is 7.74. The first-order valence-electron chi connectivity index (χ1n) is 7.74. The van der Waals surface area contributed by atoms with Gasteiger partial charge in [-0.25, -0.2) is 0 Å². The summed E-state index contributed by atoms with van der Waals surface area (Å²) in [7, 11) is 0. The highest BCUT2D eigenvalue weighted by atomic mass is 35.5. The van der Waals surface area contributed by atoms with Crippen molar-refractivity contribution < 1.29 is 9.53 Å². The zero-order valence-electron chi connectivity index (χ0n) is 12.3. The van der Waals surface area contributed by atoms with E-state index in [0.29, 0.717) is 6.61 Å². The highest BCUT2D eigenvalue weighted by Crippen LogP contribution is 2.09. The number of ether oxygens (including phenoxy) is 1. The van der Waals surface area contributed by atoms with Gasteiger partial charge < -0.3 is 10.1 Å². The molecule has 0 aromatic rings. The van der Waals surface area contributed by atoms with Gasteiger partial charge in [0.1, 0.15) is 6.04 Å². The van der Waals surface area contributed by atoms with Gasteiger partial charge in [0.05, 0.1) is 6.61 Å². The van der Waals surface area contributed by atoms with E-state index in [1.54, 1.807) is 0 Å². The number of nitrogens with one attached hydrogen (secondary N) is 1. The molecule has 0 unspecified atom stereocenters. The molecule has 0 aromatic heterocycles. The lowest BCUT2D eigenvalue weighted by Crippen LogP contribution is -2.32. The van der Waals surface area contributed by atoms with Crippen LogP contribution in [0.2, 0.25) is 0 Å². The molecule has 1 N–H and O–H groups in total. The van der Waals surface area contributed by atoms with Crippen molar-refractivity contribution in [3.05, 3.63) is 0 Å². The monoisotopic (exact) mass is 291 g/mol. The number of hydrogen-bond donors (Lipinski definition) is 1. The zero-order chi connectivity index (χ0) is 13.1. The summed E-state index contributed by atoms with van der Waals surface area (Å²) in [6.07, 6.45) is 12.3. The molecule has 19 heavy (non-hydrogen) atoms. The number of carbonyl (C=O) groups is 1. The molecule has 1 fully saturated rings. The minimum Gasteiger partial charge on any atom is -0.465 e. The molecule has 0 amide bonds. The fourth-order valence-electron chi connectivity index (χ4n) is 2.40. The second-order valence-corrected chi connectivity index (χ2v) is 5.29. The van der Waals surface area contributed by atoms with E-state index in [4.69, 9.17) is 4.74 Å². The largest absolute Gasteiger partial charge is 0.465 e. The average molecular weight is 292 g/mol. The summed E-state index contributed by atoms with van der Waals surface area (Å²) in [5.74, 6) is -0.0459. The van der Waals surface area contributed by atoms with E-state index in [2.05, 4.69) is 12.2 Å². The van der Waals surface area contributed by atoms with Crippen molar-refractivity contribution in [1.82, 2.24) is 5.32 Å². The molecule has 4 heteroatoms. The number of rotatable bonds is 10. The second kappa shape index (κ2) is 12.7. The normalized spacial score (nSPS) is 18.1. The summed E-state index contributed by atoms with van der Waals surface area (Å²) in [5, 5.41) is 3.16. The van der Waals surface area contributed by atoms with Gasteiger partial charge in [-0.2, -0.15) is 0 Å². The second-order valence-electron chi connectivity index (χ2n) is 5.29. The number of unbranched alkanes of at least 4 members (excludes halogenated alkanes) is 7. The summed E-state index contributed by atoms with van der Waals surface area (Å²) in [4.78, 5) is 11.6. The predicted octanol–water partition coefficient (Wildman–Crippen LogP) is 3.84. The van der Waals surface area contributed by atoms with Crippen molar-refractivity contribution in [3.8, 4) is 0 Å². The van der Waals surface area contributed by atoms with Crippen LogP contribution in [0.4, 0.5) is 0 Å². The molecule has 1 heterocycles. The van der Waals surface area contributed by atoms with Crippen LogP contribution in [0.3, 0.4) is 0 Å². The summed E-state index contributed by atoms with van der Waals surface area (Å²) < 4.78 is 5.27. The minimum absolute atomic E-state index is 0. The Morgan fingerprint density at radius 3 is 2.32 bits per heavy atom. The highest BCUT2D eigenvalue weighted by molar-refractivity contribution is 5.85. The van der Waals surface area contributed by atoms with Crippen LogP contribution < -0.4 is 5.32 Å². The van der Waals surface area contributed by atoms with Crippen LogP contribution >= 0.6 is 12.4 Å². The summed E-state index contributed by atoms with van der Waals surface area (Å²) >= 11 is 0. The van der Waals surface area contributed by atoms with Gasteiger partial charge in [0, 0.05) is 0 Å². The lowest BCUT2D eigenvalue weighted by Gasteiger charge is -2.10. The third-order valence-corrected chi connectivity index (χ3v) is 3.59. The Balaban J connectivity index is 0.00000324. The van der Waals surface area contributed by atoms with E-state index in [-0.39, 0.29) is 24.4 Å². The molecule has 0 spiro atoms. The Hall–Kier alpha value is -0.280. The summed E-state index contributed by atoms with van der Waals surface area (Å²) in [6, 6.07) is -0.0287. The number of hydrogen-bond acceptors (Lipinski definition) is 3. The van der Waals surface area contributed by atoms with Crippen molar-refractivity contribution in [2.24, 2.45) is 0 Å². The van der Waals surface area contributed by atoms with Crippen LogP contribution in [0, 0.1) is 0 Å². The van der Waals surface area contributed by atoms with Crippen molar-refractivity contribution in [1.29, 1.82) is 0 Å². The van der Waals surface area contributed by atoms with Crippen LogP contribution in [-0.2, 0) is 9.53 Å². The fourth-order valence-corrected chi connectivity index (χ4v) is 2.40. The van der Waals surface area contributed by atoms with Gasteiger partial charge in [-0.15, -0.1) is 12.4 Å². The predicted molar refractivity (Wildman–Crippen MR) is 81.8 cm³/mol. The molecule has 0 saturated carbocycles. The Bertz CT molecular complexity index is 218. The van der Waals surface area contributed by atoms with Crippen LogP contribution in [0.25, 0.3) is 0 Å². The van der Waals surface area contributed by atoms with E-state index in [0.717, 1.165) is 25.8 Å².